The third kappa shape index (κ3) is 5.31. The van der Waals surface area contributed by atoms with Crippen molar-refractivity contribution in [3.8, 4) is 5.75 Å². The van der Waals surface area contributed by atoms with E-state index in [4.69, 9.17) is 4.74 Å². The van der Waals surface area contributed by atoms with Gasteiger partial charge in [-0.05, 0) is 61.9 Å². The Hall–Kier alpha value is -2.05. The number of benzene rings is 2. The van der Waals surface area contributed by atoms with Gasteiger partial charge in [0, 0.05) is 17.9 Å². The molecule has 0 saturated heterocycles. The first-order valence-electron chi connectivity index (χ1n) is 9.95. The Labute approximate surface area is 180 Å². The molecule has 4 nitrogen and oxygen atoms in total. The molecule has 154 valence electrons. The average molecular weight is 429 g/mol. The van der Waals surface area contributed by atoms with Gasteiger partial charge in [0.25, 0.3) is 5.91 Å². The number of carbonyl (C=O) groups is 1. The molecule has 0 aliphatic rings. The molecule has 0 radical (unpaired) electrons. The highest BCUT2D eigenvalue weighted by Gasteiger charge is 2.12. The highest BCUT2D eigenvalue weighted by Crippen LogP contribution is 2.24. The summed E-state index contributed by atoms with van der Waals surface area (Å²) in [5.41, 5.74) is 4.16. The number of hydrogen-bond donors (Lipinski definition) is 0. The maximum absolute atomic E-state index is 12.9. The smallest absolute Gasteiger partial charge is 0.279 e. The number of ether oxygens (including phenoxy) is 1. The van der Waals surface area contributed by atoms with Gasteiger partial charge in [-0.25, -0.2) is 0 Å². The first kappa shape index (κ1) is 21.7. The lowest BCUT2D eigenvalue weighted by Gasteiger charge is -2.06. The minimum Gasteiger partial charge on any atom is -0.494 e. The van der Waals surface area contributed by atoms with Crippen molar-refractivity contribution in [2.45, 2.75) is 40.2 Å². The summed E-state index contributed by atoms with van der Waals surface area (Å²) < 4.78 is 9.11. The Bertz CT molecular complexity index is 1070. The second-order valence-electron chi connectivity index (χ2n) is 7.11. The second-order valence-corrected chi connectivity index (χ2v) is 9.07. The van der Waals surface area contributed by atoms with Gasteiger partial charge in [-0.15, -0.1) is 0 Å². The van der Waals surface area contributed by atoms with Crippen molar-refractivity contribution in [1.29, 1.82) is 0 Å². The lowest BCUT2D eigenvalue weighted by molar-refractivity contribution is 0.0997. The monoisotopic (exact) mass is 428 g/mol. The van der Waals surface area contributed by atoms with Crippen LogP contribution in [0.5, 0.6) is 5.75 Å². The fourth-order valence-corrected chi connectivity index (χ4v) is 4.67. The van der Waals surface area contributed by atoms with E-state index in [0.717, 1.165) is 41.2 Å². The maximum atomic E-state index is 12.9. The lowest BCUT2D eigenvalue weighted by Crippen LogP contribution is -2.18. The number of nitrogens with zero attached hydrogens (tertiary/aromatic N) is 2. The van der Waals surface area contributed by atoms with Crippen molar-refractivity contribution in [3.05, 3.63) is 57.9 Å². The molecule has 0 aliphatic carbocycles. The van der Waals surface area contributed by atoms with Gasteiger partial charge < -0.3 is 9.30 Å². The number of thiazole rings is 1. The Kier molecular flexibility index (Phi) is 7.56. The summed E-state index contributed by atoms with van der Waals surface area (Å²) in [5, 5.41) is 0. The largest absolute Gasteiger partial charge is 0.494 e. The summed E-state index contributed by atoms with van der Waals surface area (Å²) in [6.07, 6.45) is 4.17. The van der Waals surface area contributed by atoms with Crippen molar-refractivity contribution in [3.63, 3.8) is 0 Å². The van der Waals surface area contributed by atoms with Gasteiger partial charge in [0.15, 0.2) is 4.80 Å². The van der Waals surface area contributed by atoms with Crippen molar-refractivity contribution in [2.24, 2.45) is 4.99 Å². The topological polar surface area (TPSA) is 43.6 Å². The van der Waals surface area contributed by atoms with E-state index >= 15 is 0 Å². The molecule has 3 rings (SSSR count). The molecule has 3 aromatic rings. The van der Waals surface area contributed by atoms with E-state index in [1.807, 2.05) is 12.1 Å². The molecule has 0 unspecified atom stereocenters. The zero-order chi connectivity index (χ0) is 20.8. The SMILES string of the molecule is CCCCOc1cccc(C(=O)N=c2sc3c(C)cc(C)cc3n2CCSC)c1. The highest BCUT2D eigenvalue weighted by molar-refractivity contribution is 7.98. The molecule has 0 bridgehead atoms. The van der Waals surface area contributed by atoms with Crippen LogP contribution in [0.25, 0.3) is 10.2 Å². The van der Waals surface area contributed by atoms with Crippen LogP contribution < -0.4 is 9.54 Å². The number of hydrogen-bond acceptors (Lipinski definition) is 4. The van der Waals surface area contributed by atoms with E-state index < -0.39 is 0 Å². The average Bonchev–Trinajstić information content (AvgIpc) is 3.04. The zero-order valence-corrected chi connectivity index (χ0v) is 19.2. The molecule has 29 heavy (non-hydrogen) atoms. The predicted molar refractivity (Wildman–Crippen MR) is 124 cm³/mol. The van der Waals surface area contributed by atoms with Crippen LogP contribution >= 0.6 is 23.1 Å². The van der Waals surface area contributed by atoms with Crippen LogP contribution in [0.15, 0.2) is 41.4 Å². The zero-order valence-electron chi connectivity index (χ0n) is 17.5. The molecule has 0 atom stereocenters. The Morgan fingerprint density at radius 1 is 1.24 bits per heavy atom. The number of unbranched alkanes of at least 4 members (excludes halogenated alkanes) is 1. The maximum Gasteiger partial charge on any atom is 0.279 e. The Morgan fingerprint density at radius 3 is 2.83 bits per heavy atom. The molecular formula is C23H28N2O2S2. The van der Waals surface area contributed by atoms with Crippen LogP contribution in [-0.2, 0) is 6.54 Å². The van der Waals surface area contributed by atoms with Crippen molar-refractivity contribution < 1.29 is 9.53 Å². The molecule has 0 fully saturated rings. The van der Waals surface area contributed by atoms with Gasteiger partial charge in [0.2, 0.25) is 0 Å². The third-order valence-corrected chi connectivity index (χ3v) is 6.50. The number of thioether (sulfide) groups is 1. The van der Waals surface area contributed by atoms with Gasteiger partial charge in [-0.1, -0.05) is 36.8 Å². The van der Waals surface area contributed by atoms with E-state index in [0.29, 0.717) is 12.2 Å². The predicted octanol–water partition coefficient (Wildman–Crippen LogP) is 5.60. The molecular weight excluding hydrogens is 400 g/mol. The Balaban J connectivity index is 1.99. The summed E-state index contributed by atoms with van der Waals surface area (Å²) in [6, 6.07) is 11.7. The lowest BCUT2D eigenvalue weighted by atomic mass is 10.1. The number of fused-ring (bicyclic) bond motifs is 1. The quantitative estimate of drug-likeness (QED) is 0.439. The summed E-state index contributed by atoms with van der Waals surface area (Å²) in [7, 11) is 0. The molecule has 6 heteroatoms. The van der Waals surface area contributed by atoms with Crippen molar-refractivity contribution in [2.75, 3.05) is 18.6 Å². The van der Waals surface area contributed by atoms with Gasteiger partial charge in [0.05, 0.1) is 16.8 Å². The van der Waals surface area contributed by atoms with E-state index in [2.05, 4.69) is 48.7 Å². The van der Waals surface area contributed by atoms with Crippen LogP contribution in [0.1, 0.15) is 41.3 Å². The van der Waals surface area contributed by atoms with Crippen LogP contribution in [-0.4, -0.2) is 29.1 Å². The normalized spacial score (nSPS) is 11.9. The van der Waals surface area contributed by atoms with E-state index in [9.17, 15) is 4.79 Å². The van der Waals surface area contributed by atoms with E-state index in [1.165, 1.54) is 15.8 Å². The second kappa shape index (κ2) is 10.1. The first-order valence-corrected chi connectivity index (χ1v) is 12.2. The molecule has 1 heterocycles. The number of rotatable bonds is 8. The van der Waals surface area contributed by atoms with Gasteiger partial charge >= 0.3 is 0 Å². The summed E-state index contributed by atoms with van der Waals surface area (Å²) in [4.78, 5) is 18.2. The van der Waals surface area contributed by atoms with Crippen LogP contribution in [0.4, 0.5) is 0 Å². The first-order chi connectivity index (χ1) is 14.0. The molecule has 0 saturated carbocycles. The van der Waals surface area contributed by atoms with Gasteiger partial charge in [-0.2, -0.15) is 16.8 Å². The minimum absolute atomic E-state index is 0.232. The molecule has 0 N–H and O–H groups in total. The van der Waals surface area contributed by atoms with Crippen LogP contribution in [0.3, 0.4) is 0 Å². The molecule has 0 aliphatic heterocycles. The molecule has 1 amide bonds. The van der Waals surface area contributed by atoms with E-state index in [1.54, 1.807) is 35.2 Å². The summed E-state index contributed by atoms with van der Waals surface area (Å²) >= 11 is 3.38. The third-order valence-electron chi connectivity index (χ3n) is 4.68. The molecule has 0 spiro atoms. The Morgan fingerprint density at radius 2 is 2.07 bits per heavy atom. The molecule has 2 aromatic carbocycles. The minimum atomic E-state index is -0.232. The van der Waals surface area contributed by atoms with Crippen molar-refractivity contribution in [1.82, 2.24) is 4.57 Å². The fraction of sp³-hybridized carbons (Fsp3) is 0.391. The van der Waals surface area contributed by atoms with E-state index in [-0.39, 0.29) is 5.91 Å². The summed E-state index contributed by atoms with van der Waals surface area (Å²) in [6.45, 7) is 7.84. The number of carbonyl (C=O) groups excluding carboxylic acids is 1. The highest BCUT2D eigenvalue weighted by atomic mass is 32.2. The number of aromatic nitrogens is 1. The fourth-order valence-electron chi connectivity index (χ4n) is 3.20. The number of amides is 1. The summed E-state index contributed by atoms with van der Waals surface area (Å²) in [5.74, 6) is 1.46. The van der Waals surface area contributed by atoms with Gasteiger partial charge in [-0.3, -0.25) is 4.79 Å². The van der Waals surface area contributed by atoms with Gasteiger partial charge in [0.1, 0.15) is 5.75 Å². The van der Waals surface area contributed by atoms with Crippen molar-refractivity contribution >= 4 is 39.2 Å². The number of aryl methyl sites for hydroxylation is 3. The standard InChI is InChI=1S/C23H28N2O2S2/c1-5-6-11-27-19-9-7-8-18(15-19)22(26)24-23-25(10-12-28-4)20-14-16(2)13-17(3)21(20)29-23/h7-9,13-15H,5-6,10-12H2,1-4H3. The molecule has 1 aromatic heterocycles. The van der Waals surface area contributed by atoms with Crippen LogP contribution in [0, 0.1) is 13.8 Å². The van der Waals surface area contributed by atoms with Crippen LogP contribution in [0.2, 0.25) is 0 Å².